The molecule has 2 nitrogen and oxygen atoms in total. The Labute approximate surface area is 118 Å². The van der Waals surface area contributed by atoms with Crippen molar-refractivity contribution < 1.29 is 4.74 Å². The lowest BCUT2D eigenvalue weighted by atomic mass is 10.2. The molecule has 1 atom stereocenters. The summed E-state index contributed by atoms with van der Waals surface area (Å²) < 4.78 is 4.62. The molecule has 0 amide bonds. The Balaban J connectivity index is 2.15. The van der Waals surface area contributed by atoms with Crippen LogP contribution in [0.1, 0.15) is 45.6 Å². The summed E-state index contributed by atoms with van der Waals surface area (Å²) in [5.41, 5.74) is 1.30. The van der Waals surface area contributed by atoms with Crippen LogP contribution in [-0.4, -0.2) is 35.4 Å². The Hall–Kier alpha value is -1.02. The van der Waals surface area contributed by atoms with Crippen molar-refractivity contribution in [3.05, 3.63) is 29.8 Å². The number of nitrogens with zero attached hydrogens (tertiary/aromatic N) is 1. The van der Waals surface area contributed by atoms with E-state index in [0.29, 0.717) is 6.04 Å². The first kappa shape index (κ1) is 16.0. The third-order valence-electron chi connectivity index (χ3n) is 3.80. The molecule has 0 aromatic heterocycles. The van der Waals surface area contributed by atoms with Crippen molar-refractivity contribution in [1.29, 1.82) is 0 Å². The molecule has 0 spiro atoms. The van der Waals surface area contributed by atoms with Gasteiger partial charge in [-0.25, -0.2) is 0 Å². The van der Waals surface area contributed by atoms with Crippen LogP contribution >= 0.6 is 0 Å². The maximum atomic E-state index is 4.62. The van der Waals surface area contributed by atoms with Crippen molar-refractivity contribution in [2.24, 2.45) is 0 Å². The highest BCUT2D eigenvalue weighted by atomic mass is 16.5. The number of rotatable bonds is 9. The van der Waals surface area contributed by atoms with E-state index >= 15 is 0 Å². The van der Waals surface area contributed by atoms with E-state index in [2.05, 4.69) is 61.6 Å². The number of hydrogen-bond acceptors (Lipinski definition) is 1. The fraction of sp³-hybridized carbons (Fsp3) is 0.647. The second kappa shape index (κ2) is 8.98. The predicted octanol–water partition coefficient (Wildman–Crippen LogP) is 4.14. The number of unbranched alkanes of at least 4 members (excludes halogenated alkanes) is 1. The third-order valence-corrected chi connectivity index (χ3v) is 3.80. The first-order valence-electron chi connectivity index (χ1n) is 7.65. The molecule has 0 aliphatic rings. The summed E-state index contributed by atoms with van der Waals surface area (Å²) in [5.74, 6) is 1.11. The van der Waals surface area contributed by atoms with Gasteiger partial charge in [-0.05, 0) is 39.8 Å². The lowest BCUT2D eigenvalue weighted by molar-refractivity contribution is 0.0621. The molecule has 0 saturated heterocycles. The van der Waals surface area contributed by atoms with Gasteiger partial charge < -0.3 is 9.64 Å². The molecule has 0 radical (unpaired) electrons. The van der Waals surface area contributed by atoms with Crippen molar-refractivity contribution in [2.45, 2.75) is 53.0 Å². The minimum atomic E-state index is 0.707. The second-order valence-corrected chi connectivity index (χ2v) is 5.31. The van der Waals surface area contributed by atoms with Gasteiger partial charge in [-0.15, -0.1) is 0 Å². The quantitative estimate of drug-likeness (QED) is 0.483. The van der Waals surface area contributed by atoms with Gasteiger partial charge in [0, 0.05) is 24.6 Å². The highest BCUT2D eigenvalue weighted by Crippen LogP contribution is 2.13. The molecule has 1 aromatic rings. The van der Waals surface area contributed by atoms with E-state index in [0.717, 1.165) is 18.9 Å². The van der Waals surface area contributed by atoms with Gasteiger partial charge >= 0.3 is 0 Å². The van der Waals surface area contributed by atoms with Crippen LogP contribution in [0.5, 0.6) is 5.75 Å². The van der Waals surface area contributed by atoms with Gasteiger partial charge in [-0.1, -0.05) is 31.5 Å². The minimum absolute atomic E-state index is 0.707. The van der Waals surface area contributed by atoms with Gasteiger partial charge in [0.1, 0.15) is 0 Å². The highest BCUT2D eigenvalue weighted by Gasteiger charge is 2.09. The monoisotopic (exact) mass is 264 g/mol. The van der Waals surface area contributed by atoms with E-state index in [1.165, 1.54) is 31.4 Å². The molecule has 1 unspecified atom stereocenters. The summed E-state index contributed by atoms with van der Waals surface area (Å²) >= 11 is 0. The summed E-state index contributed by atoms with van der Waals surface area (Å²) in [7, 11) is 0. The Morgan fingerprint density at radius 1 is 1.11 bits per heavy atom. The maximum Gasteiger partial charge on any atom is 0.254 e. The Morgan fingerprint density at radius 3 is 2.37 bits per heavy atom. The number of aryl methyl sites for hydroxylation is 1. The number of hydrogen-bond donors (Lipinski definition) is 0. The van der Waals surface area contributed by atoms with Crippen LogP contribution in [0.2, 0.25) is 0 Å². The lowest BCUT2D eigenvalue weighted by Gasteiger charge is -2.26. The second-order valence-electron chi connectivity index (χ2n) is 5.31. The number of aliphatic hydroxyl groups is 1. The standard InChI is InChI=1S/C17H29NO/c1-5-16(4)18(6-2)13-7-8-14-19-17-11-9-15(3)10-12-17/h9-12,16H,5-8,13-14H2,1-4H3/p+1. The SMILES string of the molecule is CCC(C)N(CC)CCCC[OH+]c1ccc(C)cc1. The first-order valence-corrected chi connectivity index (χ1v) is 7.65. The van der Waals surface area contributed by atoms with E-state index in [-0.39, 0.29) is 0 Å². The molecule has 0 heterocycles. The smallest absolute Gasteiger partial charge is 0.254 e. The highest BCUT2D eigenvalue weighted by molar-refractivity contribution is 5.25. The van der Waals surface area contributed by atoms with E-state index in [4.69, 9.17) is 0 Å². The normalized spacial score (nSPS) is 12.7. The van der Waals surface area contributed by atoms with Crippen LogP contribution in [0.4, 0.5) is 0 Å². The lowest BCUT2D eigenvalue weighted by Crippen LogP contribution is -2.33. The molecule has 2 heteroatoms. The van der Waals surface area contributed by atoms with Crippen LogP contribution in [0.25, 0.3) is 0 Å². The van der Waals surface area contributed by atoms with Gasteiger partial charge in [0.15, 0.2) is 6.61 Å². The maximum absolute atomic E-state index is 4.62. The fourth-order valence-corrected chi connectivity index (χ4v) is 2.23. The Morgan fingerprint density at radius 2 is 1.79 bits per heavy atom. The van der Waals surface area contributed by atoms with E-state index < -0.39 is 0 Å². The first-order chi connectivity index (χ1) is 9.17. The van der Waals surface area contributed by atoms with Crippen molar-refractivity contribution in [3.8, 4) is 5.75 Å². The molecule has 1 N–H and O–H groups in total. The molecule has 108 valence electrons. The topological polar surface area (TPSA) is 16.0 Å². The van der Waals surface area contributed by atoms with Crippen LogP contribution in [0.15, 0.2) is 24.3 Å². The molecule has 0 saturated carbocycles. The van der Waals surface area contributed by atoms with Crippen molar-refractivity contribution in [3.63, 3.8) is 0 Å². The summed E-state index contributed by atoms with van der Waals surface area (Å²) in [6, 6.07) is 9.17. The minimum Gasteiger partial charge on any atom is -0.583 e. The molecule has 1 aromatic carbocycles. The molecular weight excluding hydrogens is 234 g/mol. The van der Waals surface area contributed by atoms with E-state index in [1.54, 1.807) is 0 Å². The third kappa shape index (κ3) is 6.11. The summed E-state index contributed by atoms with van der Waals surface area (Å²) in [5, 5.41) is 0. The molecular formula is C17H30NO+. The van der Waals surface area contributed by atoms with Gasteiger partial charge in [0.2, 0.25) is 0 Å². The number of benzene rings is 1. The molecule has 0 aliphatic carbocycles. The van der Waals surface area contributed by atoms with Crippen molar-refractivity contribution >= 4 is 0 Å². The van der Waals surface area contributed by atoms with Gasteiger partial charge in [0.05, 0.1) is 0 Å². The van der Waals surface area contributed by atoms with Crippen LogP contribution in [-0.2, 0) is 0 Å². The predicted molar refractivity (Wildman–Crippen MR) is 83.9 cm³/mol. The average molecular weight is 264 g/mol. The van der Waals surface area contributed by atoms with E-state index in [9.17, 15) is 0 Å². The zero-order chi connectivity index (χ0) is 14.1. The Kier molecular flexibility index (Phi) is 7.57. The summed E-state index contributed by atoms with van der Waals surface area (Å²) in [6.07, 6.45) is 3.66. The zero-order valence-corrected chi connectivity index (χ0v) is 13.0. The molecule has 0 aliphatic heterocycles. The van der Waals surface area contributed by atoms with Crippen LogP contribution < -0.4 is 0 Å². The average Bonchev–Trinajstić information content (AvgIpc) is 2.44. The van der Waals surface area contributed by atoms with Crippen LogP contribution in [0.3, 0.4) is 0 Å². The summed E-state index contributed by atoms with van der Waals surface area (Å²) in [4.78, 5) is 2.56. The van der Waals surface area contributed by atoms with Gasteiger partial charge in [-0.2, -0.15) is 0 Å². The zero-order valence-electron chi connectivity index (χ0n) is 13.0. The molecule has 0 fully saturated rings. The largest absolute Gasteiger partial charge is 0.583 e. The fourth-order valence-electron chi connectivity index (χ4n) is 2.23. The van der Waals surface area contributed by atoms with Gasteiger partial charge in [0.25, 0.3) is 5.75 Å². The number of ether oxygens (including phenoxy) is 1. The van der Waals surface area contributed by atoms with Crippen molar-refractivity contribution in [2.75, 3.05) is 19.7 Å². The summed E-state index contributed by atoms with van der Waals surface area (Å²) in [6.45, 7) is 12.3. The van der Waals surface area contributed by atoms with Crippen LogP contribution in [0, 0.1) is 6.92 Å². The molecule has 0 bridgehead atoms. The molecule has 1 rings (SSSR count). The molecule has 19 heavy (non-hydrogen) atoms. The van der Waals surface area contributed by atoms with Gasteiger partial charge in [-0.3, -0.25) is 0 Å². The number of aromatic hydroxyl groups is 1. The van der Waals surface area contributed by atoms with E-state index in [1.807, 2.05) is 0 Å². The Bertz CT molecular complexity index is 334. The van der Waals surface area contributed by atoms with Crippen molar-refractivity contribution in [1.82, 2.24) is 4.90 Å².